The average Bonchev–Trinajstić information content (AvgIpc) is 3.42. The maximum atomic E-state index is 13.1. The number of esters is 3. The van der Waals surface area contributed by atoms with Gasteiger partial charge >= 0.3 is 23.9 Å². The van der Waals surface area contributed by atoms with E-state index in [4.69, 9.17) is 23.7 Å². The number of aliphatic hydroxyl groups is 2. The first-order valence-electron chi connectivity index (χ1n) is 28.8. The van der Waals surface area contributed by atoms with Crippen molar-refractivity contribution in [1.29, 1.82) is 0 Å². The van der Waals surface area contributed by atoms with Crippen molar-refractivity contribution in [2.75, 3.05) is 13.2 Å². The zero-order valence-corrected chi connectivity index (χ0v) is 47.1. The van der Waals surface area contributed by atoms with Crippen LogP contribution in [-0.2, 0) is 42.9 Å². The summed E-state index contributed by atoms with van der Waals surface area (Å²) in [6.07, 6.45) is 61.3. The van der Waals surface area contributed by atoms with Crippen LogP contribution < -0.4 is 0 Å². The number of hydrogen-bond donors (Lipinski definition) is 3. The predicted octanol–water partition coefficient (Wildman–Crippen LogP) is 14.8. The molecule has 1 rings (SSSR count). The van der Waals surface area contributed by atoms with E-state index in [2.05, 4.69) is 142 Å². The Morgan fingerprint density at radius 3 is 1.32 bits per heavy atom. The van der Waals surface area contributed by atoms with Gasteiger partial charge in [0.25, 0.3) is 0 Å². The number of unbranched alkanes of at least 4 members (excludes halogenated alkanes) is 9. The summed E-state index contributed by atoms with van der Waals surface area (Å²) < 4.78 is 28.2. The monoisotopic (exact) mass is 1070 g/mol. The molecule has 12 nitrogen and oxygen atoms in total. The molecule has 1 aliphatic rings. The molecule has 6 unspecified atom stereocenters. The highest BCUT2D eigenvalue weighted by atomic mass is 16.7. The zero-order chi connectivity index (χ0) is 56.1. The summed E-state index contributed by atoms with van der Waals surface area (Å²) in [5.74, 6) is -3.37. The van der Waals surface area contributed by atoms with Gasteiger partial charge in [-0.2, -0.15) is 0 Å². The number of rotatable bonds is 46. The van der Waals surface area contributed by atoms with Gasteiger partial charge in [0, 0.05) is 12.8 Å². The number of carbonyl (C=O) groups excluding carboxylic acids is 3. The molecule has 3 N–H and O–H groups in total. The van der Waals surface area contributed by atoms with Crippen LogP contribution in [0.15, 0.2) is 146 Å². The van der Waals surface area contributed by atoms with Gasteiger partial charge in [0.15, 0.2) is 24.6 Å². The first-order chi connectivity index (χ1) is 37.6. The van der Waals surface area contributed by atoms with E-state index >= 15 is 0 Å². The first-order valence-corrected chi connectivity index (χ1v) is 28.8. The number of hydrogen-bond acceptors (Lipinski definition) is 11. The molecule has 1 aliphatic heterocycles. The first kappa shape index (κ1) is 69.6. The molecule has 1 heterocycles. The molecular weight excluding hydrogens is 973 g/mol. The van der Waals surface area contributed by atoms with Crippen molar-refractivity contribution in [3.63, 3.8) is 0 Å². The number of ether oxygens (including phenoxy) is 5. The Morgan fingerprint density at radius 2 is 0.857 bits per heavy atom. The summed E-state index contributed by atoms with van der Waals surface area (Å²) in [5, 5.41) is 31.4. The molecule has 1 saturated heterocycles. The molecule has 0 bridgehead atoms. The molecule has 0 saturated carbocycles. The lowest BCUT2D eigenvalue weighted by Crippen LogP contribution is -2.61. The molecule has 0 aliphatic carbocycles. The minimum absolute atomic E-state index is 0.119. The Kier molecular flexibility index (Phi) is 46.4. The fourth-order valence-electron chi connectivity index (χ4n) is 7.56. The van der Waals surface area contributed by atoms with Crippen LogP contribution in [0.5, 0.6) is 0 Å². The second-order valence-electron chi connectivity index (χ2n) is 18.8. The van der Waals surface area contributed by atoms with E-state index < -0.39 is 67.3 Å². The Morgan fingerprint density at radius 1 is 0.455 bits per heavy atom. The SMILES string of the molecule is CC/C=C\C/C=C\C/C=C\C/C=C\C/C=C\CCCCCC(=O)OCC(COC1OC(C(=O)O)C(O)C(O)C1OC(=O)C/C=C\C/C=C\C/C=C\C/C=C\C/C=C\CC)OC(=O)CCCCCCC/C=C\C/C=C\CCC. The van der Waals surface area contributed by atoms with Crippen LogP contribution in [-0.4, -0.2) is 89.2 Å². The highest BCUT2D eigenvalue weighted by molar-refractivity contribution is 5.74. The second-order valence-corrected chi connectivity index (χ2v) is 18.8. The molecular formula is C65H98O12. The smallest absolute Gasteiger partial charge is 0.335 e. The van der Waals surface area contributed by atoms with E-state index in [1.165, 1.54) is 0 Å². The number of allylic oxidation sites excluding steroid dienone is 23. The van der Waals surface area contributed by atoms with Crippen LogP contribution in [0, 0.1) is 0 Å². The number of aliphatic carboxylic acids is 1. The topological polar surface area (TPSA) is 175 Å². The van der Waals surface area contributed by atoms with Gasteiger partial charge in [0.2, 0.25) is 0 Å². The average molecular weight is 1070 g/mol. The number of carboxylic acids is 1. The summed E-state index contributed by atoms with van der Waals surface area (Å²) in [7, 11) is 0. The summed E-state index contributed by atoms with van der Waals surface area (Å²) in [6, 6.07) is 0. The summed E-state index contributed by atoms with van der Waals surface area (Å²) in [5.41, 5.74) is 0. The third kappa shape index (κ3) is 41.4. The van der Waals surface area contributed by atoms with E-state index in [1.54, 1.807) is 12.2 Å². The van der Waals surface area contributed by atoms with Gasteiger partial charge in [-0.3, -0.25) is 14.4 Å². The Bertz CT molecular complexity index is 1890. The summed E-state index contributed by atoms with van der Waals surface area (Å²) in [4.78, 5) is 51.0. The molecule has 6 atom stereocenters. The molecule has 430 valence electrons. The Hall–Kier alpha value is -5.40. The predicted molar refractivity (Wildman–Crippen MR) is 312 cm³/mol. The molecule has 12 heteroatoms. The van der Waals surface area contributed by atoms with E-state index in [1.807, 2.05) is 12.2 Å². The van der Waals surface area contributed by atoms with E-state index in [0.717, 1.165) is 128 Å². The maximum Gasteiger partial charge on any atom is 0.335 e. The van der Waals surface area contributed by atoms with Crippen molar-refractivity contribution >= 4 is 23.9 Å². The van der Waals surface area contributed by atoms with Crippen molar-refractivity contribution in [3.05, 3.63) is 146 Å². The normalized spacial score (nSPS) is 19.1. The minimum Gasteiger partial charge on any atom is -0.479 e. The fraction of sp³-hybridized carbons (Fsp3) is 0.569. The van der Waals surface area contributed by atoms with E-state index in [-0.39, 0.29) is 25.9 Å². The van der Waals surface area contributed by atoms with Gasteiger partial charge in [-0.25, -0.2) is 4.79 Å². The van der Waals surface area contributed by atoms with Gasteiger partial charge < -0.3 is 39.0 Å². The van der Waals surface area contributed by atoms with Crippen molar-refractivity contribution in [1.82, 2.24) is 0 Å². The van der Waals surface area contributed by atoms with Gasteiger partial charge in [-0.05, 0) is 116 Å². The summed E-state index contributed by atoms with van der Waals surface area (Å²) in [6.45, 7) is 5.59. The van der Waals surface area contributed by atoms with Crippen LogP contribution in [0.1, 0.15) is 188 Å². The molecule has 0 radical (unpaired) electrons. The van der Waals surface area contributed by atoms with E-state index in [9.17, 15) is 34.5 Å². The Labute approximate surface area is 463 Å². The van der Waals surface area contributed by atoms with Crippen molar-refractivity contribution in [3.8, 4) is 0 Å². The highest BCUT2D eigenvalue weighted by Crippen LogP contribution is 2.26. The van der Waals surface area contributed by atoms with Crippen LogP contribution in [0.4, 0.5) is 0 Å². The molecule has 0 amide bonds. The zero-order valence-electron chi connectivity index (χ0n) is 47.1. The van der Waals surface area contributed by atoms with Gasteiger partial charge in [-0.15, -0.1) is 0 Å². The second kappa shape index (κ2) is 51.4. The molecule has 0 aromatic heterocycles. The lowest BCUT2D eigenvalue weighted by Gasteiger charge is -2.40. The molecule has 77 heavy (non-hydrogen) atoms. The largest absolute Gasteiger partial charge is 0.479 e. The fourth-order valence-corrected chi connectivity index (χ4v) is 7.56. The molecule has 0 aromatic carbocycles. The number of carbonyl (C=O) groups is 4. The van der Waals surface area contributed by atoms with Crippen LogP contribution in [0.2, 0.25) is 0 Å². The van der Waals surface area contributed by atoms with Gasteiger partial charge in [0.05, 0.1) is 13.0 Å². The standard InChI is InChI=1S/C65H98O12/c1-4-7-10-13-16-19-22-25-27-28-29-30-32-34-36-39-42-45-48-51-57(66)73-54-56(75-58(67)52-49-46-43-40-37-33-24-21-18-15-12-9-6-3)55-74-65-63(61(70)60(69)62(77-65)64(71)72)76-59(68)53-50-47-44-41-38-35-31-26-23-20-17-14-11-8-5-2/h7-8,10-12,15-17,19-21,24-27,29-31,34,36,38,41,47,50,56,60-63,65,69-70H,4-6,9,13-14,18,22-23,28,32-33,35,37,39-40,42-46,48-49,51-55H2,1-3H3,(H,71,72)/b10-7-,11-8-,15-12-,19-16-,20-17-,24-21-,27-25-,30-29-,31-26-,36-34-,41-38-,50-47-. The van der Waals surface area contributed by atoms with Gasteiger partial charge in [-0.1, -0.05) is 199 Å². The quantitative estimate of drug-likeness (QED) is 0.0228. The Balaban J connectivity index is 2.78. The van der Waals surface area contributed by atoms with Crippen molar-refractivity contribution in [2.24, 2.45) is 0 Å². The van der Waals surface area contributed by atoms with E-state index in [0.29, 0.717) is 19.3 Å². The maximum absolute atomic E-state index is 13.1. The lowest BCUT2D eigenvalue weighted by atomic mass is 9.98. The van der Waals surface area contributed by atoms with Crippen LogP contribution in [0.25, 0.3) is 0 Å². The van der Waals surface area contributed by atoms with Crippen LogP contribution in [0.3, 0.4) is 0 Å². The van der Waals surface area contributed by atoms with Gasteiger partial charge in [0.1, 0.15) is 18.8 Å². The number of carboxylic acid groups (broad SMARTS) is 1. The third-order valence-corrected chi connectivity index (χ3v) is 11.9. The van der Waals surface area contributed by atoms with Crippen molar-refractivity contribution in [2.45, 2.75) is 225 Å². The van der Waals surface area contributed by atoms with Crippen LogP contribution >= 0.6 is 0 Å². The summed E-state index contributed by atoms with van der Waals surface area (Å²) >= 11 is 0. The molecule has 0 spiro atoms. The molecule has 0 aromatic rings. The minimum atomic E-state index is -1.95. The van der Waals surface area contributed by atoms with Crippen molar-refractivity contribution < 1.29 is 58.2 Å². The molecule has 1 fully saturated rings. The highest BCUT2D eigenvalue weighted by Gasteiger charge is 2.50. The number of aliphatic hydroxyl groups excluding tert-OH is 2. The third-order valence-electron chi connectivity index (χ3n) is 11.9. The lowest BCUT2D eigenvalue weighted by molar-refractivity contribution is -0.301.